The van der Waals surface area contributed by atoms with Crippen LogP contribution in [0.15, 0.2) is 68.6 Å². The maximum atomic E-state index is 13.2. The van der Waals surface area contributed by atoms with Gasteiger partial charge in [0.05, 0.1) is 11.3 Å². The number of anilines is 1. The van der Waals surface area contributed by atoms with E-state index in [1.165, 1.54) is 6.92 Å². The van der Waals surface area contributed by atoms with E-state index in [-0.39, 0.29) is 28.3 Å². The molecule has 168 valence electrons. The third-order valence-corrected chi connectivity index (χ3v) is 5.14. The summed E-state index contributed by atoms with van der Waals surface area (Å²) in [5.41, 5.74) is 0.829. The number of nitrogens with zero attached hydrogens (tertiary/aromatic N) is 1. The Kier molecular flexibility index (Phi) is 5.95. The zero-order valence-corrected chi connectivity index (χ0v) is 18.1. The van der Waals surface area contributed by atoms with Crippen molar-refractivity contribution in [1.82, 2.24) is 14.9 Å². The number of carbonyl (C=O) groups is 2. The number of hydrogen-bond acceptors (Lipinski definition) is 5. The van der Waals surface area contributed by atoms with E-state index in [1.54, 1.807) is 49.4 Å². The second-order valence-electron chi connectivity index (χ2n) is 7.53. The second-order valence-corrected chi connectivity index (χ2v) is 7.53. The number of carbonyl (C=O) groups excluding carboxylic acids is 2. The molecule has 2 aromatic heterocycles. The fourth-order valence-corrected chi connectivity index (χ4v) is 3.65. The SMILES string of the molecule is CC(=O)Nc1ccc(CCNC(=O)c2c(C)oc3[nH]c(=O)n(-c4ccccc4)c(=O)c23)cc1. The summed E-state index contributed by atoms with van der Waals surface area (Å²) in [5.74, 6) is -0.379. The van der Waals surface area contributed by atoms with Crippen LogP contribution in [0.2, 0.25) is 0 Å². The summed E-state index contributed by atoms with van der Waals surface area (Å²) in [6.45, 7) is 3.33. The van der Waals surface area contributed by atoms with Crippen molar-refractivity contribution in [1.29, 1.82) is 0 Å². The van der Waals surface area contributed by atoms with E-state index in [2.05, 4.69) is 15.6 Å². The van der Waals surface area contributed by atoms with Crippen LogP contribution in [-0.4, -0.2) is 27.9 Å². The molecule has 0 spiro atoms. The van der Waals surface area contributed by atoms with Crippen LogP contribution >= 0.6 is 0 Å². The first-order chi connectivity index (χ1) is 15.8. The molecule has 2 heterocycles. The van der Waals surface area contributed by atoms with Gasteiger partial charge in [0.2, 0.25) is 11.6 Å². The predicted octanol–water partition coefficient (Wildman–Crippen LogP) is 2.51. The molecule has 4 aromatic rings. The van der Waals surface area contributed by atoms with Crippen LogP contribution in [-0.2, 0) is 11.2 Å². The van der Waals surface area contributed by atoms with Gasteiger partial charge in [0.1, 0.15) is 11.1 Å². The molecule has 3 N–H and O–H groups in total. The first kappa shape index (κ1) is 21.8. The first-order valence-electron chi connectivity index (χ1n) is 10.3. The zero-order valence-electron chi connectivity index (χ0n) is 18.1. The number of H-pyrrole nitrogens is 1. The minimum atomic E-state index is -0.651. The molecule has 9 heteroatoms. The van der Waals surface area contributed by atoms with Crippen LogP contribution in [0.1, 0.15) is 28.6 Å². The lowest BCUT2D eigenvalue weighted by Gasteiger charge is -2.07. The van der Waals surface area contributed by atoms with Crippen molar-refractivity contribution in [2.45, 2.75) is 20.3 Å². The van der Waals surface area contributed by atoms with Crippen molar-refractivity contribution in [2.24, 2.45) is 0 Å². The van der Waals surface area contributed by atoms with Crippen LogP contribution < -0.4 is 21.9 Å². The summed E-state index contributed by atoms with van der Waals surface area (Å²) in [7, 11) is 0. The highest BCUT2D eigenvalue weighted by atomic mass is 16.3. The van der Waals surface area contributed by atoms with Gasteiger partial charge in [-0.1, -0.05) is 30.3 Å². The highest BCUT2D eigenvalue weighted by Gasteiger charge is 2.23. The van der Waals surface area contributed by atoms with Crippen molar-refractivity contribution in [3.8, 4) is 5.69 Å². The molecular formula is C24H22N4O5. The average Bonchev–Trinajstić information content (AvgIpc) is 3.11. The number of amides is 2. The molecule has 0 radical (unpaired) electrons. The summed E-state index contributed by atoms with van der Waals surface area (Å²) in [5, 5.41) is 5.52. The fourth-order valence-electron chi connectivity index (χ4n) is 3.65. The lowest BCUT2D eigenvalue weighted by atomic mass is 10.1. The molecule has 0 unspecified atom stereocenters. The van der Waals surface area contributed by atoms with E-state index >= 15 is 0 Å². The smallest absolute Gasteiger partial charge is 0.335 e. The van der Waals surface area contributed by atoms with Gasteiger partial charge in [-0.25, -0.2) is 9.36 Å². The molecule has 0 atom stereocenters. The quantitative estimate of drug-likeness (QED) is 0.420. The number of rotatable bonds is 6. The third-order valence-electron chi connectivity index (χ3n) is 5.14. The monoisotopic (exact) mass is 446 g/mol. The molecule has 0 saturated carbocycles. The fraction of sp³-hybridized carbons (Fsp3) is 0.167. The van der Waals surface area contributed by atoms with Crippen LogP contribution in [0.25, 0.3) is 16.8 Å². The van der Waals surface area contributed by atoms with E-state index in [9.17, 15) is 19.2 Å². The highest BCUT2D eigenvalue weighted by molar-refractivity contribution is 6.06. The Bertz CT molecular complexity index is 1450. The minimum absolute atomic E-state index is 0.0214. The number of nitrogens with one attached hydrogen (secondary N) is 3. The van der Waals surface area contributed by atoms with Gasteiger partial charge in [0.15, 0.2) is 0 Å². The number of benzene rings is 2. The normalized spacial score (nSPS) is 10.8. The molecular weight excluding hydrogens is 424 g/mol. The Labute approximate surface area is 188 Å². The maximum absolute atomic E-state index is 13.2. The molecule has 0 saturated heterocycles. The minimum Gasteiger partial charge on any atom is -0.444 e. The highest BCUT2D eigenvalue weighted by Crippen LogP contribution is 2.20. The van der Waals surface area contributed by atoms with Gasteiger partial charge >= 0.3 is 5.69 Å². The van der Waals surface area contributed by atoms with Gasteiger partial charge in [-0.05, 0) is 43.2 Å². The number of fused-ring (bicyclic) bond motifs is 1. The summed E-state index contributed by atoms with van der Waals surface area (Å²) in [6.07, 6.45) is 0.548. The van der Waals surface area contributed by atoms with Crippen molar-refractivity contribution < 1.29 is 14.0 Å². The third kappa shape index (κ3) is 4.47. The van der Waals surface area contributed by atoms with Crippen LogP contribution in [0, 0.1) is 6.92 Å². The molecule has 33 heavy (non-hydrogen) atoms. The first-order valence-corrected chi connectivity index (χ1v) is 10.3. The molecule has 2 aromatic carbocycles. The molecule has 0 aliphatic heterocycles. The Morgan fingerprint density at radius 2 is 1.73 bits per heavy atom. The summed E-state index contributed by atoms with van der Waals surface area (Å²) >= 11 is 0. The van der Waals surface area contributed by atoms with Gasteiger partial charge in [-0.2, -0.15) is 0 Å². The second kappa shape index (κ2) is 8.99. The number of aryl methyl sites for hydroxylation is 1. The Balaban J connectivity index is 1.57. The average molecular weight is 446 g/mol. The standard InChI is InChI=1S/C24H22N4O5/c1-14-19(21(30)25-13-12-16-8-10-17(11-9-16)26-15(2)29)20-22(33-14)27-24(32)28(23(20)31)18-6-4-3-5-7-18/h3-11H,12-13H2,1-2H3,(H,25,30)(H,26,29)(H,27,32). The predicted molar refractivity (Wildman–Crippen MR) is 124 cm³/mol. The van der Waals surface area contributed by atoms with Crippen molar-refractivity contribution in [2.75, 3.05) is 11.9 Å². The Morgan fingerprint density at radius 1 is 1.03 bits per heavy atom. The van der Waals surface area contributed by atoms with E-state index in [0.717, 1.165) is 10.1 Å². The number of aromatic amines is 1. The lowest BCUT2D eigenvalue weighted by Crippen LogP contribution is -2.34. The molecule has 2 amide bonds. The molecule has 0 aliphatic rings. The van der Waals surface area contributed by atoms with E-state index in [4.69, 9.17) is 4.42 Å². The molecule has 0 aliphatic carbocycles. The molecule has 9 nitrogen and oxygen atoms in total. The van der Waals surface area contributed by atoms with E-state index in [1.807, 2.05) is 12.1 Å². The molecule has 4 rings (SSSR count). The van der Waals surface area contributed by atoms with Crippen molar-refractivity contribution in [3.05, 3.63) is 92.3 Å². The number of aromatic nitrogens is 2. The topological polar surface area (TPSA) is 126 Å². The largest absolute Gasteiger partial charge is 0.444 e. The maximum Gasteiger partial charge on any atom is 0.335 e. The van der Waals surface area contributed by atoms with E-state index in [0.29, 0.717) is 24.3 Å². The van der Waals surface area contributed by atoms with Crippen molar-refractivity contribution >= 4 is 28.6 Å². The van der Waals surface area contributed by atoms with Gasteiger partial charge in [0.25, 0.3) is 11.5 Å². The lowest BCUT2D eigenvalue weighted by molar-refractivity contribution is -0.114. The molecule has 0 fully saturated rings. The Morgan fingerprint density at radius 3 is 2.39 bits per heavy atom. The van der Waals surface area contributed by atoms with E-state index < -0.39 is 17.2 Å². The Hall–Kier alpha value is -4.40. The van der Waals surface area contributed by atoms with Crippen LogP contribution in [0.5, 0.6) is 0 Å². The van der Waals surface area contributed by atoms with Crippen LogP contribution in [0.4, 0.5) is 5.69 Å². The number of para-hydroxylation sites is 1. The van der Waals surface area contributed by atoms with Gasteiger partial charge in [-0.15, -0.1) is 0 Å². The van der Waals surface area contributed by atoms with Gasteiger partial charge in [0, 0.05) is 19.2 Å². The number of hydrogen-bond donors (Lipinski definition) is 3. The van der Waals surface area contributed by atoms with Crippen molar-refractivity contribution in [3.63, 3.8) is 0 Å². The van der Waals surface area contributed by atoms with Crippen LogP contribution in [0.3, 0.4) is 0 Å². The van der Waals surface area contributed by atoms with Gasteiger partial charge < -0.3 is 15.1 Å². The van der Waals surface area contributed by atoms with Gasteiger partial charge in [-0.3, -0.25) is 19.4 Å². The summed E-state index contributed by atoms with van der Waals surface area (Å²) in [4.78, 5) is 52.2. The summed E-state index contributed by atoms with van der Waals surface area (Å²) in [6, 6.07) is 15.8. The molecule has 0 bridgehead atoms. The zero-order chi connectivity index (χ0) is 23.5. The number of furan rings is 1. The summed E-state index contributed by atoms with van der Waals surface area (Å²) < 4.78 is 6.49.